The first-order valence-electron chi connectivity index (χ1n) is 6.04. The fourth-order valence-corrected chi connectivity index (χ4v) is 1.80. The Balaban J connectivity index is 2.37. The van der Waals surface area contributed by atoms with E-state index in [4.69, 9.17) is 5.73 Å². The summed E-state index contributed by atoms with van der Waals surface area (Å²) in [6.07, 6.45) is 1.03. The molecular weight excluding hydrogens is 210 g/mol. The standard InChI is InChI=1S/C14H19N3/c1-4-11(3)17-14(15)9-13(16-17)12-7-5-10(2)6-8-12/h5-9,11H,4,15H2,1-3H3. The summed E-state index contributed by atoms with van der Waals surface area (Å²) in [6.45, 7) is 6.34. The zero-order valence-electron chi connectivity index (χ0n) is 10.6. The maximum absolute atomic E-state index is 5.99. The highest BCUT2D eigenvalue weighted by Gasteiger charge is 2.10. The van der Waals surface area contributed by atoms with E-state index in [0.717, 1.165) is 23.5 Å². The number of nitrogen functional groups attached to an aromatic ring is 1. The molecule has 0 bridgehead atoms. The molecule has 0 aliphatic rings. The number of aromatic nitrogens is 2. The first-order chi connectivity index (χ1) is 8.11. The van der Waals surface area contributed by atoms with Crippen LogP contribution in [0.3, 0.4) is 0 Å². The van der Waals surface area contributed by atoms with E-state index < -0.39 is 0 Å². The molecule has 2 N–H and O–H groups in total. The summed E-state index contributed by atoms with van der Waals surface area (Å²) >= 11 is 0. The summed E-state index contributed by atoms with van der Waals surface area (Å²) in [6, 6.07) is 10.6. The Hall–Kier alpha value is -1.77. The van der Waals surface area contributed by atoms with Gasteiger partial charge in [0.1, 0.15) is 5.82 Å². The molecule has 1 atom stereocenters. The molecule has 1 aromatic heterocycles. The van der Waals surface area contributed by atoms with E-state index in [0.29, 0.717) is 6.04 Å². The van der Waals surface area contributed by atoms with E-state index in [1.165, 1.54) is 5.56 Å². The first-order valence-corrected chi connectivity index (χ1v) is 6.04. The van der Waals surface area contributed by atoms with Gasteiger partial charge in [-0.15, -0.1) is 0 Å². The van der Waals surface area contributed by atoms with Crippen LogP contribution in [0.5, 0.6) is 0 Å². The smallest absolute Gasteiger partial charge is 0.122 e. The lowest BCUT2D eigenvalue weighted by Gasteiger charge is -2.10. The zero-order chi connectivity index (χ0) is 12.4. The monoisotopic (exact) mass is 229 g/mol. The molecule has 2 aromatic rings. The summed E-state index contributed by atoms with van der Waals surface area (Å²) in [5.74, 6) is 0.731. The van der Waals surface area contributed by atoms with Gasteiger partial charge in [0.15, 0.2) is 0 Å². The molecule has 2 rings (SSSR count). The van der Waals surface area contributed by atoms with Crippen molar-refractivity contribution in [3.05, 3.63) is 35.9 Å². The topological polar surface area (TPSA) is 43.8 Å². The lowest BCUT2D eigenvalue weighted by Crippen LogP contribution is -2.08. The van der Waals surface area contributed by atoms with Crippen LogP contribution < -0.4 is 5.73 Å². The van der Waals surface area contributed by atoms with Crippen molar-refractivity contribution in [3.63, 3.8) is 0 Å². The lowest BCUT2D eigenvalue weighted by atomic mass is 10.1. The normalized spacial score (nSPS) is 12.6. The highest BCUT2D eigenvalue weighted by molar-refractivity contribution is 5.62. The van der Waals surface area contributed by atoms with Crippen molar-refractivity contribution in [2.45, 2.75) is 33.2 Å². The molecule has 90 valence electrons. The van der Waals surface area contributed by atoms with Gasteiger partial charge in [-0.2, -0.15) is 5.10 Å². The first kappa shape index (κ1) is 11.7. The predicted molar refractivity (Wildman–Crippen MR) is 71.8 cm³/mol. The average molecular weight is 229 g/mol. The second kappa shape index (κ2) is 4.62. The maximum atomic E-state index is 5.99. The minimum atomic E-state index is 0.342. The number of nitrogens with two attached hydrogens (primary N) is 1. The Kier molecular flexibility index (Phi) is 3.18. The molecule has 1 aromatic carbocycles. The van der Waals surface area contributed by atoms with E-state index in [-0.39, 0.29) is 0 Å². The molecule has 0 aliphatic carbocycles. The molecule has 0 saturated carbocycles. The predicted octanol–water partition coefficient (Wildman–Crippen LogP) is 3.41. The van der Waals surface area contributed by atoms with Gasteiger partial charge in [0.05, 0.1) is 11.7 Å². The van der Waals surface area contributed by atoms with Gasteiger partial charge in [0, 0.05) is 11.6 Å². The van der Waals surface area contributed by atoms with Gasteiger partial charge in [-0.1, -0.05) is 36.8 Å². The number of anilines is 1. The summed E-state index contributed by atoms with van der Waals surface area (Å²) in [4.78, 5) is 0. The van der Waals surface area contributed by atoms with Crippen molar-refractivity contribution in [3.8, 4) is 11.3 Å². The fraction of sp³-hybridized carbons (Fsp3) is 0.357. The van der Waals surface area contributed by atoms with Crippen molar-refractivity contribution < 1.29 is 0 Å². The largest absolute Gasteiger partial charge is 0.384 e. The van der Waals surface area contributed by atoms with Crippen LogP contribution in [0.25, 0.3) is 11.3 Å². The van der Waals surface area contributed by atoms with Gasteiger partial charge in [-0.05, 0) is 20.3 Å². The molecule has 17 heavy (non-hydrogen) atoms. The molecule has 0 fully saturated rings. The Bertz CT molecular complexity index is 497. The third kappa shape index (κ3) is 2.33. The van der Waals surface area contributed by atoms with Crippen LogP contribution in [0.4, 0.5) is 5.82 Å². The van der Waals surface area contributed by atoms with Gasteiger partial charge in [-0.25, -0.2) is 4.68 Å². The molecule has 0 radical (unpaired) electrons. The summed E-state index contributed by atoms with van der Waals surface area (Å²) in [7, 11) is 0. The Morgan fingerprint density at radius 1 is 1.29 bits per heavy atom. The molecule has 0 amide bonds. The second-order valence-electron chi connectivity index (χ2n) is 4.52. The van der Waals surface area contributed by atoms with E-state index in [9.17, 15) is 0 Å². The number of rotatable bonds is 3. The minimum Gasteiger partial charge on any atom is -0.384 e. The second-order valence-corrected chi connectivity index (χ2v) is 4.52. The Morgan fingerprint density at radius 3 is 2.53 bits per heavy atom. The third-order valence-corrected chi connectivity index (χ3v) is 3.12. The number of aryl methyl sites for hydroxylation is 1. The molecule has 0 aliphatic heterocycles. The van der Waals surface area contributed by atoms with Crippen LogP contribution in [-0.2, 0) is 0 Å². The van der Waals surface area contributed by atoms with Crippen LogP contribution in [-0.4, -0.2) is 9.78 Å². The van der Waals surface area contributed by atoms with Crippen LogP contribution in [0.15, 0.2) is 30.3 Å². The van der Waals surface area contributed by atoms with Crippen molar-refractivity contribution in [2.24, 2.45) is 0 Å². The van der Waals surface area contributed by atoms with Crippen LogP contribution in [0.2, 0.25) is 0 Å². The molecule has 0 saturated heterocycles. The SMILES string of the molecule is CCC(C)n1nc(-c2ccc(C)cc2)cc1N. The zero-order valence-corrected chi connectivity index (χ0v) is 10.6. The maximum Gasteiger partial charge on any atom is 0.122 e. The minimum absolute atomic E-state index is 0.342. The van der Waals surface area contributed by atoms with Crippen LogP contribution in [0.1, 0.15) is 31.9 Å². The van der Waals surface area contributed by atoms with Gasteiger partial charge in [0.2, 0.25) is 0 Å². The van der Waals surface area contributed by atoms with Crippen LogP contribution >= 0.6 is 0 Å². The van der Waals surface area contributed by atoms with Gasteiger partial charge in [-0.3, -0.25) is 0 Å². The van der Waals surface area contributed by atoms with Crippen molar-refractivity contribution >= 4 is 5.82 Å². The highest BCUT2D eigenvalue weighted by Crippen LogP contribution is 2.23. The Labute approximate surface area is 102 Å². The average Bonchev–Trinajstić information content (AvgIpc) is 2.71. The Morgan fingerprint density at radius 2 is 1.94 bits per heavy atom. The summed E-state index contributed by atoms with van der Waals surface area (Å²) in [5, 5.41) is 4.57. The summed E-state index contributed by atoms with van der Waals surface area (Å²) < 4.78 is 1.90. The quantitative estimate of drug-likeness (QED) is 0.876. The lowest BCUT2D eigenvalue weighted by molar-refractivity contribution is 0.486. The van der Waals surface area contributed by atoms with E-state index >= 15 is 0 Å². The van der Waals surface area contributed by atoms with Crippen LogP contribution in [0, 0.1) is 6.92 Å². The van der Waals surface area contributed by atoms with Gasteiger partial charge in [0.25, 0.3) is 0 Å². The molecule has 3 nitrogen and oxygen atoms in total. The molecular formula is C14H19N3. The summed E-state index contributed by atoms with van der Waals surface area (Å²) in [5.41, 5.74) is 9.30. The number of hydrogen-bond acceptors (Lipinski definition) is 2. The number of benzene rings is 1. The van der Waals surface area contributed by atoms with Gasteiger partial charge >= 0.3 is 0 Å². The van der Waals surface area contributed by atoms with Gasteiger partial charge < -0.3 is 5.73 Å². The molecule has 1 heterocycles. The molecule has 3 heteroatoms. The molecule has 1 unspecified atom stereocenters. The van der Waals surface area contributed by atoms with Crippen molar-refractivity contribution in [2.75, 3.05) is 5.73 Å². The van der Waals surface area contributed by atoms with E-state index in [2.05, 4.69) is 50.1 Å². The fourth-order valence-electron chi connectivity index (χ4n) is 1.80. The highest BCUT2D eigenvalue weighted by atomic mass is 15.3. The van der Waals surface area contributed by atoms with Crippen molar-refractivity contribution in [1.29, 1.82) is 0 Å². The third-order valence-electron chi connectivity index (χ3n) is 3.12. The number of nitrogens with zero attached hydrogens (tertiary/aromatic N) is 2. The number of hydrogen-bond donors (Lipinski definition) is 1. The molecule has 0 spiro atoms. The van der Waals surface area contributed by atoms with E-state index in [1.54, 1.807) is 0 Å². The van der Waals surface area contributed by atoms with Crippen molar-refractivity contribution in [1.82, 2.24) is 9.78 Å². The van der Waals surface area contributed by atoms with E-state index in [1.807, 2.05) is 10.7 Å².